The number of hydrogen-bond acceptors (Lipinski definition) is 6. The van der Waals surface area contributed by atoms with Gasteiger partial charge in [0.2, 0.25) is 5.95 Å². The van der Waals surface area contributed by atoms with Crippen molar-refractivity contribution in [3.63, 3.8) is 0 Å². The minimum atomic E-state index is -4.30. The summed E-state index contributed by atoms with van der Waals surface area (Å²) in [7, 11) is 0. The molecule has 0 N–H and O–H groups in total. The zero-order chi connectivity index (χ0) is 24.5. The van der Waals surface area contributed by atoms with Gasteiger partial charge < -0.3 is 9.80 Å². The molecular weight excluding hydrogens is 479 g/mol. The fourth-order valence-electron chi connectivity index (χ4n) is 5.63. The maximum atomic E-state index is 13.2. The Labute approximate surface area is 206 Å². The molecule has 5 heterocycles. The smallest absolute Gasteiger partial charge is 0.355 e. The van der Waals surface area contributed by atoms with E-state index in [1.165, 1.54) is 10.5 Å². The summed E-state index contributed by atoms with van der Waals surface area (Å²) in [5, 5.41) is 9.21. The van der Waals surface area contributed by atoms with Gasteiger partial charge in [-0.3, -0.25) is 9.47 Å². The van der Waals surface area contributed by atoms with Crippen molar-refractivity contribution >= 4 is 23.4 Å². The van der Waals surface area contributed by atoms with Crippen LogP contribution in [-0.2, 0) is 13.1 Å². The normalized spacial score (nSPS) is 19.1. The maximum Gasteiger partial charge on any atom is 0.401 e. The molecule has 2 saturated heterocycles. The van der Waals surface area contributed by atoms with E-state index in [1.54, 1.807) is 12.1 Å². The average molecular weight is 504 g/mol. The van der Waals surface area contributed by atoms with Gasteiger partial charge in [0.25, 0.3) is 0 Å². The number of aromatic nitrogens is 4. The number of rotatable bonds is 3. The van der Waals surface area contributed by atoms with Crippen molar-refractivity contribution in [2.24, 2.45) is 5.41 Å². The third kappa shape index (κ3) is 4.12. The lowest BCUT2D eigenvalue weighted by Crippen LogP contribution is -2.73. The Bertz CT molecular complexity index is 1270. The first-order valence-electron chi connectivity index (χ1n) is 11.5. The molecule has 184 valence electrons. The van der Waals surface area contributed by atoms with E-state index in [0.717, 1.165) is 48.9 Å². The zero-order valence-corrected chi connectivity index (χ0v) is 20.2. The van der Waals surface area contributed by atoms with E-state index in [9.17, 15) is 13.2 Å². The summed E-state index contributed by atoms with van der Waals surface area (Å²) in [5.41, 5.74) is 3.90. The summed E-state index contributed by atoms with van der Waals surface area (Å²) in [6, 6.07) is 9.52. The summed E-state index contributed by atoms with van der Waals surface area (Å²) >= 11 is 6.20. The van der Waals surface area contributed by atoms with Gasteiger partial charge in [0.05, 0.1) is 18.8 Å². The topological polar surface area (TPSA) is 53.3 Å². The molecule has 6 rings (SSSR count). The van der Waals surface area contributed by atoms with E-state index in [0.29, 0.717) is 16.8 Å². The van der Waals surface area contributed by atoms with Gasteiger partial charge in [-0.1, -0.05) is 11.6 Å². The number of halogens is 4. The molecule has 0 atom stereocenters. The highest BCUT2D eigenvalue weighted by atomic mass is 35.5. The van der Waals surface area contributed by atoms with Crippen molar-refractivity contribution in [2.75, 3.05) is 42.5 Å². The standard InChI is InChI=1S/C24H25ClF3N7/c1-15-5-16(2)29-20(6-15)33-10-23(11-33)12-34(13-23)22-31-30-21-9-32(14-24(26,27)28)8-17-7-18(25)3-4-19(17)35(21)22/h3-7H,8-14H2,1-2H3. The zero-order valence-electron chi connectivity index (χ0n) is 19.5. The van der Waals surface area contributed by atoms with Crippen LogP contribution in [0, 0.1) is 19.3 Å². The lowest BCUT2D eigenvalue weighted by atomic mass is 9.73. The van der Waals surface area contributed by atoms with Crippen LogP contribution < -0.4 is 9.80 Å². The van der Waals surface area contributed by atoms with Crippen molar-refractivity contribution in [1.29, 1.82) is 0 Å². The fraction of sp³-hybridized carbons (Fsp3) is 0.458. The highest BCUT2D eigenvalue weighted by Gasteiger charge is 2.53. The molecule has 7 nitrogen and oxygen atoms in total. The minimum absolute atomic E-state index is 0.0595. The molecule has 2 aromatic heterocycles. The quantitative estimate of drug-likeness (QED) is 0.535. The summed E-state index contributed by atoms with van der Waals surface area (Å²) in [4.78, 5) is 10.5. The van der Waals surface area contributed by atoms with Crippen molar-refractivity contribution in [1.82, 2.24) is 24.6 Å². The first kappa shape index (κ1) is 22.6. The molecule has 3 aliphatic heterocycles. The van der Waals surface area contributed by atoms with Crippen LogP contribution in [0.25, 0.3) is 5.69 Å². The van der Waals surface area contributed by atoms with Gasteiger partial charge in [-0.25, -0.2) is 4.98 Å². The van der Waals surface area contributed by atoms with E-state index in [4.69, 9.17) is 11.6 Å². The molecule has 0 unspecified atom stereocenters. The Kier molecular flexibility index (Phi) is 5.05. The highest BCUT2D eigenvalue weighted by Crippen LogP contribution is 2.44. The fourth-order valence-corrected chi connectivity index (χ4v) is 5.83. The first-order valence-corrected chi connectivity index (χ1v) is 11.9. The Morgan fingerprint density at radius 3 is 2.43 bits per heavy atom. The number of benzene rings is 1. The molecule has 0 bridgehead atoms. The second-order valence-electron chi connectivity index (χ2n) is 10.1. The van der Waals surface area contributed by atoms with E-state index in [1.807, 2.05) is 17.6 Å². The molecule has 0 radical (unpaired) electrons. The van der Waals surface area contributed by atoms with Crippen molar-refractivity contribution in [3.05, 3.63) is 58.0 Å². The van der Waals surface area contributed by atoms with Crippen LogP contribution in [0.1, 0.15) is 22.6 Å². The van der Waals surface area contributed by atoms with Gasteiger partial charge in [-0.2, -0.15) is 13.2 Å². The third-order valence-electron chi connectivity index (χ3n) is 6.95. The summed E-state index contributed by atoms with van der Waals surface area (Å²) in [6.45, 7) is 6.76. The van der Waals surface area contributed by atoms with Gasteiger partial charge in [0.1, 0.15) is 5.82 Å². The molecule has 2 fully saturated rings. The van der Waals surface area contributed by atoms with Crippen LogP contribution in [0.5, 0.6) is 0 Å². The molecule has 0 saturated carbocycles. The Morgan fingerprint density at radius 1 is 0.971 bits per heavy atom. The predicted molar refractivity (Wildman–Crippen MR) is 127 cm³/mol. The maximum absolute atomic E-state index is 13.2. The van der Waals surface area contributed by atoms with Crippen LogP contribution in [0.15, 0.2) is 30.3 Å². The minimum Gasteiger partial charge on any atom is -0.355 e. The Hall–Kier alpha value is -2.85. The number of anilines is 2. The van der Waals surface area contributed by atoms with E-state index >= 15 is 0 Å². The molecule has 0 aliphatic carbocycles. The molecule has 3 aliphatic rings. The van der Waals surface area contributed by atoms with Gasteiger partial charge in [-0.05, 0) is 55.3 Å². The van der Waals surface area contributed by atoms with E-state index < -0.39 is 12.7 Å². The number of aryl methyl sites for hydroxylation is 2. The number of pyridine rings is 1. The largest absolute Gasteiger partial charge is 0.401 e. The SMILES string of the molecule is Cc1cc(C)nc(N2CC3(C2)CN(c2nnc4n2-c2ccc(Cl)cc2CN(CC(F)(F)F)C4)C3)c1. The molecular formula is C24H25ClF3N7. The molecule has 11 heteroatoms. The van der Waals surface area contributed by atoms with Crippen molar-refractivity contribution < 1.29 is 13.2 Å². The third-order valence-corrected chi connectivity index (χ3v) is 7.19. The number of hydrogen-bond donors (Lipinski definition) is 0. The average Bonchev–Trinajstić information content (AvgIpc) is 3.00. The lowest BCUT2D eigenvalue weighted by Gasteiger charge is -2.60. The predicted octanol–water partition coefficient (Wildman–Crippen LogP) is 4.14. The van der Waals surface area contributed by atoms with Crippen molar-refractivity contribution in [2.45, 2.75) is 33.1 Å². The Morgan fingerprint density at radius 2 is 1.71 bits per heavy atom. The van der Waals surface area contributed by atoms with Gasteiger partial charge in [0.15, 0.2) is 5.82 Å². The summed E-state index contributed by atoms with van der Waals surface area (Å²) < 4.78 is 41.5. The molecule has 1 spiro atoms. The first-order chi connectivity index (χ1) is 16.6. The number of fused-ring (bicyclic) bond motifs is 3. The summed E-state index contributed by atoms with van der Waals surface area (Å²) in [6.07, 6.45) is -4.30. The molecule has 35 heavy (non-hydrogen) atoms. The monoisotopic (exact) mass is 503 g/mol. The number of nitrogens with zero attached hydrogens (tertiary/aromatic N) is 7. The summed E-state index contributed by atoms with van der Waals surface area (Å²) in [5.74, 6) is 2.19. The van der Waals surface area contributed by atoms with Crippen LogP contribution in [-0.4, -0.2) is 63.5 Å². The molecule has 1 aromatic carbocycles. The van der Waals surface area contributed by atoms with Gasteiger partial charge >= 0.3 is 6.18 Å². The van der Waals surface area contributed by atoms with Crippen LogP contribution in [0.2, 0.25) is 5.02 Å². The van der Waals surface area contributed by atoms with Crippen LogP contribution in [0.4, 0.5) is 24.9 Å². The van der Waals surface area contributed by atoms with Crippen LogP contribution >= 0.6 is 11.6 Å². The number of alkyl halides is 3. The van der Waals surface area contributed by atoms with E-state index in [-0.39, 0.29) is 18.5 Å². The van der Waals surface area contributed by atoms with Crippen LogP contribution in [0.3, 0.4) is 0 Å². The Balaban J connectivity index is 1.24. The molecule has 0 amide bonds. The van der Waals surface area contributed by atoms with E-state index in [2.05, 4.69) is 44.0 Å². The molecule has 3 aromatic rings. The van der Waals surface area contributed by atoms with Gasteiger partial charge in [-0.15, -0.1) is 10.2 Å². The lowest BCUT2D eigenvalue weighted by molar-refractivity contribution is -0.148. The van der Waals surface area contributed by atoms with Crippen molar-refractivity contribution in [3.8, 4) is 5.69 Å². The van der Waals surface area contributed by atoms with Gasteiger partial charge in [0, 0.05) is 48.9 Å². The second kappa shape index (κ2) is 7.83. The second-order valence-corrected chi connectivity index (χ2v) is 10.6. The highest BCUT2D eigenvalue weighted by molar-refractivity contribution is 6.30.